The Hall–Kier alpha value is -0.0500. The van der Waals surface area contributed by atoms with Crippen LogP contribution in [0, 0.1) is 5.92 Å². The van der Waals surface area contributed by atoms with Gasteiger partial charge < -0.3 is 5.32 Å². The largest absolute Gasteiger partial charge is 0.313 e. The molecule has 1 nitrogen and oxygen atoms in total. The van der Waals surface area contributed by atoms with Crippen LogP contribution in [0.1, 0.15) is 37.3 Å². The van der Waals surface area contributed by atoms with Gasteiger partial charge in [-0.25, -0.2) is 0 Å². The van der Waals surface area contributed by atoms with Gasteiger partial charge in [0.05, 0.1) is 5.02 Å². The molecule has 0 bridgehead atoms. The van der Waals surface area contributed by atoms with E-state index in [0.29, 0.717) is 6.04 Å². The molecule has 0 aliphatic heterocycles. The van der Waals surface area contributed by atoms with Gasteiger partial charge in [0.25, 0.3) is 0 Å². The molecule has 0 saturated heterocycles. The number of halogens is 2. The molecule has 1 aliphatic rings. The van der Waals surface area contributed by atoms with Crippen LogP contribution in [-0.4, -0.2) is 7.05 Å². The van der Waals surface area contributed by atoms with Gasteiger partial charge in [-0.2, -0.15) is 0 Å². The van der Waals surface area contributed by atoms with Crippen LogP contribution in [-0.2, 0) is 0 Å². The van der Waals surface area contributed by atoms with Crippen molar-refractivity contribution in [2.45, 2.75) is 31.7 Å². The summed E-state index contributed by atoms with van der Waals surface area (Å²) in [5.41, 5.74) is 1.31. The Labute approximate surface area is 111 Å². The van der Waals surface area contributed by atoms with Crippen LogP contribution in [0.5, 0.6) is 0 Å². The van der Waals surface area contributed by atoms with Crippen LogP contribution in [0.4, 0.5) is 0 Å². The minimum Gasteiger partial charge on any atom is -0.313 e. The molecule has 16 heavy (non-hydrogen) atoms. The molecule has 1 fully saturated rings. The Morgan fingerprint density at radius 3 is 2.62 bits per heavy atom. The van der Waals surface area contributed by atoms with Crippen molar-refractivity contribution in [2.75, 3.05) is 7.05 Å². The molecule has 1 aliphatic carbocycles. The smallest absolute Gasteiger partial charge is 0.0551 e. The molecule has 1 atom stereocenters. The Morgan fingerprint density at radius 2 is 2.06 bits per heavy atom. The van der Waals surface area contributed by atoms with Crippen LogP contribution < -0.4 is 5.32 Å². The maximum Gasteiger partial charge on any atom is 0.0551 e. The Kier molecular flexibility index (Phi) is 4.28. The molecule has 3 heteroatoms. The SMILES string of the molecule is CNC(c1ccc(Br)c(Cl)c1)C1CCCC1. The average molecular weight is 303 g/mol. The molecule has 1 aromatic rings. The van der Waals surface area contributed by atoms with E-state index in [9.17, 15) is 0 Å². The first-order valence-corrected chi connectivity index (χ1v) is 7.01. The molecular formula is C13H17BrClN. The Morgan fingerprint density at radius 1 is 1.38 bits per heavy atom. The first kappa shape index (κ1) is 12.4. The van der Waals surface area contributed by atoms with Gasteiger partial charge >= 0.3 is 0 Å². The summed E-state index contributed by atoms with van der Waals surface area (Å²) >= 11 is 9.58. The van der Waals surface area contributed by atoms with Gasteiger partial charge in [0.1, 0.15) is 0 Å². The third kappa shape index (κ3) is 2.61. The lowest BCUT2D eigenvalue weighted by atomic mass is 9.92. The zero-order valence-corrected chi connectivity index (χ0v) is 11.8. The lowest BCUT2D eigenvalue weighted by Crippen LogP contribution is -2.23. The zero-order chi connectivity index (χ0) is 11.5. The molecule has 2 rings (SSSR count). The number of benzene rings is 1. The molecule has 1 N–H and O–H groups in total. The van der Waals surface area contributed by atoms with E-state index in [4.69, 9.17) is 11.6 Å². The predicted octanol–water partition coefficient (Wildman–Crippen LogP) is 4.55. The third-order valence-corrected chi connectivity index (χ3v) is 4.72. The van der Waals surface area contributed by atoms with Crippen molar-refractivity contribution < 1.29 is 0 Å². The summed E-state index contributed by atoms with van der Waals surface area (Å²) in [4.78, 5) is 0. The molecule has 0 heterocycles. The predicted molar refractivity (Wildman–Crippen MR) is 72.9 cm³/mol. The highest BCUT2D eigenvalue weighted by Gasteiger charge is 2.25. The van der Waals surface area contributed by atoms with Crippen LogP contribution in [0.2, 0.25) is 5.02 Å². The fraction of sp³-hybridized carbons (Fsp3) is 0.538. The van der Waals surface area contributed by atoms with E-state index in [1.807, 2.05) is 13.1 Å². The van der Waals surface area contributed by atoms with Gasteiger partial charge in [-0.15, -0.1) is 0 Å². The number of nitrogens with one attached hydrogen (secondary N) is 1. The van der Waals surface area contributed by atoms with Crippen molar-refractivity contribution in [3.8, 4) is 0 Å². The van der Waals surface area contributed by atoms with E-state index < -0.39 is 0 Å². The normalized spacial score (nSPS) is 18.9. The fourth-order valence-electron chi connectivity index (χ4n) is 2.67. The molecule has 0 spiro atoms. The molecule has 0 aromatic heterocycles. The topological polar surface area (TPSA) is 12.0 Å². The second-order valence-corrected chi connectivity index (χ2v) is 5.75. The third-order valence-electron chi connectivity index (χ3n) is 3.49. The van der Waals surface area contributed by atoms with E-state index >= 15 is 0 Å². The molecule has 0 radical (unpaired) electrons. The van der Waals surface area contributed by atoms with Gasteiger partial charge in [0.15, 0.2) is 0 Å². The molecule has 88 valence electrons. The summed E-state index contributed by atoms with van der Waals surface area (Å²) in [7, 11) is 2.04. The Bertz CT molecular complexity index is 361. The van der Waals surface area contributed by atoms with Crippen molar-refractivity contribution >= 4 is 27.5 Å². The molecule has 1 saturated carbocycles. The molecule has 0 amide bonds. The second kappa shape index (κ2) is 5.52. The highest BCUT2D eigenvalue weighted by molar-refractivity contribution is 9.10. The molecule has 1 aromatic carbocycles. The molecule has 1 unspecified atom stereocenters. The number of rotatable bonds is 3. The van der Waals surface area contributed by atoms with Crippen molar-refractivity contribution in [1.82, 2.24) is 5.32 Å². The molecular weight excluding hydrogens is 286 g/mol. The van der Waals surface area contributed by atoms with Crippen LogP contribution >= 0.6 is 27.5 Å². The quantitative estimate of drug-likeness (QED) is 0.863. The fourth-order valence-corrected chi connectivity index (χ4v) is 3.11. The van der Waals surface area contributed by atoms with Gasteiger partial charge in [-0.05, 0) is 59.4 Å². The van der Waals surface area contributed by atoms with E-state index in [1.54, 1.807) is 0 Å². The van der Waals surface area contributed by atoms with Crippen molar-refractivity contribution in [3.63, 3.8) is 0 Å². The number of hydrogen-bond acceptors (Lipinski definition) is 1. The number of hydrogen-bond donors (Lipinski definition) is 1. The lowest BCUT2D eigenvalue weighted by molar-refractivity contribution is 0.390. The average Bonchev–Trinajstić information content (AvgIpc) is 2.78. The van der Waals surface area contributed by atoms with Gasteiger partial charge in [0, 0.05) is 10.5 Å². The highest BCUT2D eigenvalue weighted by Crippen LogP contribution is 2.37. The lowest BCUT2D eigenvalue weighted by Gasteiger charge is -2.23. The van der Waals surface area contributed by atoms with Crippen LogP contribution in [0.25, 0.3) is 0 Å². The summed E-state index contributed by atoms with van der Waals surface area (Å²) in [6, 6.07) is 6.73. The minimum atomic E-state index is 0.452. The zero-order valence-electron chi connectivity index (χ0n) is 9.47. The van der Waals surface area contributed by atoms with E-state index in [2.05, 4.69) is 33.4 Å². The first-order chi connectivity index (χ1) is 7.72. The van der Waals surface area contributed by atoms with E-state index in [1.165, 1.54) is 31.2 Å². The first-order valence-electron chi connectivity index (χ1n) is 5.84. The van der Waals surface area contributed by atoms with Crippen molar-refractivity contribution in [3.05, 3.63) is 33.3 Å². The van der Waals surface area contributed by atoms with Crippen molar-refractivity contribution in [1.29, 1.82) is 0 Å². The summed E-state index contributed by atoms with van der Waals surface area (Å²) in [5, 5.41) is 4.23. The highest BCUT2D eigenvalue weighted by atomic mass is 79.9. The van der Waals surface area contributed by atoms with E-state index in [-0.39, 0.29) is 0 Å². The Balaban J connectivity index is 2.22. The summed E-state index contributed by atoms with van der Waals surface area (Å²) < 4.78 is 0.971. The summed E-state index contributed by atoms with van der Waals surface area (Å²) in [5.74, 6) is 0.766. The van der Waals surface area contributed by atoms with Crippen molar-refractivity contribution in [2.24, 2.45) is 5.92 Å². The standard InChI is InChI=1S/C13H17BrClN/c1-16-13(9-4-2-3-5-9)10-6-7-11(14)12(15)8-10/h6-9,13,16H,2-5H2,1H3. The monoisotopic (exact) mass is 301 g/mol. The van der Waals surface area contributed by atoms with Gasteiger partial charge in [0.2, 0.25) is 0 Å². The van der Waals surface area contributed by atoms with Gasteiger partial charge in [-0.1, -0.05) is 30.5 Å². The maximum absolute atomic E-state index is 6.15. The van der Waals surface area contributed by atoms with Gasteiger partial charge in [-0.3, -0.25) is 0 Å². The summed E-state index contributed by atoms with van der Waals surface area (Å²) in [6.07, 6.45) is 5.40. The van der Waals surface area contributed by atoms with E-state index in [0.717, 1.165) is 15.4 Å². The second-order valence-electron chi connectivity index (χ2n) is 4.48. The summed E-state index contributed by atoms with van der Waals surface area (Å²) in [6.45, 7) is 0. The van der Waals surface area contributed by atoms with Crippen LogP contribution in [0.3, 0.4) is 0 Å². The van der Waals surface area contributed by atoms with Crippen LogP contribution in [0.15, 0.2) is 22.7 Å². The minimum absolute atomic E-state index is 0.452. The maximum atomic E-state index is 6.15.